The summed E-state index contributed by atoms with van der Waals surface area (Å²) in [5, 5.41) is 6.68. The quantitative estimate of drug-likeness (QED) is 0.880. The van der Waals surface area contributed by atoms with Crippen molar-refractivity contribution >= 4 is 46.6 Å². The molecule has 0 aliphatic carbocycles. The summed E-state index contributed by atoms with van der Waals surface area (Å²) < 4.78 is 1.02. The lowest BCUT2D eigenvalue weighted by molar-refractivity contribution is 0.788. The van der Waals surface area contributed by atoms with Crippen LogP contribution in [-0.2, 0) is 0 Å². The van der Waals surface area contributed by atoms with Crippen LogP contribution in [0, 0.1) is 0 Å². The second-order valence-corrected chi connectivity index (χ2v) is 4.11. The first-order valence-electron chi connectivity index (χ1n) is 4.43. The average molecular weight is 315 g/mol. The molecule has 1 aliphatic rings. The van der Waals surface area contributed by atoms with Crippen molar-refractivity contribution < 1.29 is 0 Å². The van der Waals surface area contributed by atoms with E-state index in [0.717, 1.165) is 23.4 Å². The molecule has 6 heteroatoms. The molecule has 1 unspecified atom stereocenters. The summed E-state index contributed by atoms with van der Waals surface area (Å²) >= 11 is 3.36. The Morgan fingerprint density at radius 2 is 2.20 bits per heavy atom. The van der Waals surface area contributed by atoms with Crippen LogP contribution in [0.3, 0.4) is 0 Å². The van der Waals surface area contributed by atoms with Gasteiger partial charge in [0.1, 0.15) is 5.82 Å². The molecule has 15 heavy (non-hydrogen) atoms. The minimum absolute atomic E-state index is 0. The molecule has 3 nitrogen and oxygen atoms in total. The minimum Gasteiger partial charge on any atom is -0.366 e. The van der Waals surface area contributed by atoms with Gasteiger partial charge in [0, 0.05) is 23.3 Å². The fourth-order valence-electron chi connectivity index (χ4n) is 1.45. The smallest absolute Gasteiger partial charge is 0.126 e. The molecule has 1 aliphatic heterocycles. The Kier molecular flexibility index (Phi) is 7.26. The first-order valence-corrected chi connectivity index (χ1v) is 5.23. The van der Waals surface area contributed by atoms with Crippen molar-refractivity contribution in [3.8, 4) is 0 Å². The topological polar surface area (TPSA) is 37.0 Å². The Bertz CT molecular complexity index is 275. The third-order valence-electron chi connectivity index (χ3n) is 2.14. The molecule has 2 rings (SSSR count). The number of pyridine rings is 1. The van der Waals surface area contributed by atoms with E-state index in [1.807, 2.05) is 18.3 Å². The molecule has 0 amide bonds. The summed E-state index contributed by atoms with van der Waals surface area (Å²) in [6.45, 7) is 2.14. The van der Waals surface area contributed by atoms with Crippen LogP contribution in [0.4, 0.5) is 5.82 Å². The number of hydrogen-bond donors (Lipinski definition) is 2. The number of anilines is 1. The predicted octanol–water partition coefficient (Wildman–Crippen LogP) is 2.46. The maximum Gasteiger partial charge on any atom is 0.126 e. The van der Waals surface area contributed by atoms with Crippen LogP contribution >= 0.6 is 40.7 Å². The summed E-state index contributed by atoms with van der Waals surface area (Å²) in [5.74, 6) is 0.955. The van der Waals surface area contributed by atoms with Gasteiger partial charge in [0.2, 0.25) is 0 Å². The number of nitrogens with zero attached hydrogens (tertiary/aromatic N) is 1. The van der Waals surface area contributed by atoms with Crippen LogP contribution in [0.5, 0.6) is 0 Å². The van der Waals surface area contributed by atoms with Crippen LogP contribution in [0.15, 0.2) is 22.8 Å². The zero-order valence-electron chi connectivity index (χ0n) is 8.07. The highest BCUT2D eigenvalue weighted by atomic mass is 79.9. The zero-order chi connectivity index (χ0) is 9.10. The van der Waals surface area contributed by atoms with Gasteiger partial charge >= 0.3 is 0 Å². The Balaban J connectivity index is 0.000000980. The molecule has 1 fully saturated rings. The van der Waals surface area contributed by atoms with Crippen LogP contribution in [0.25, 0.3) is 0 Å². The summed E-state index contributed by atoms with van der Waals surface area (Å²) in [6, 6.07) is 4.52. The third kappa shape index (κ3) is 4.55. The molecule has 2 N–H and O–H groups in total. The van der Waals surface area contributed by atoms with E-state index in [0.29, 0.717) is 6.04 Å². The van der Waals surface area contributed by atoms with Gasteiger partial charge in [-0.25, -0.2) is 4.98 Å². The fraction of sp³-hybridized carbons (Fsp3) is 0.444. The van der Waals surface area contributed by atoms with Crippen LogP contribution < -0.4 is 10.6 Å². The molecule has 2 heterocycles. The lowest BCUT2D eigenvalue weighted by Gasteiger charge is -2.11. The maximum absolute atomic E-state index is 4.26. The summed E-state index contributed by atoms with van der Waals surface area (Å²) in [4.78, 5) is 4.26. The van der Waals surface area contributed by atoms with Crippen LogP contribution in [0.1, 0.15) is 6.42 Å². The zero-order valence-corrected chi connectivity index (χ0v) is 11.3. The molecular formula is C9H14BrCl2N3. The van der Waals surface area contributed by atoms with Gasteiger partial charge in [0.25, 0.3) is 0 Å². The van der Waals surface area contributed by atoms with E-state index < -0.39 is 0 Å². The fourth-order valence-corrected chi connectivity index (χ4v) is 1.68. The minimum atomic E-state index is 0. The largest absolute Gasteiger partial charge is 0.366 e. The highest BCUT2D eigenvalue weighted by Crippen LogP contribution is 2.12. The van der Waals surface area contributed by atoms with Gasteiger partial charge in [-0.15, -0.1) is 24.8 Å². The molecule has 0 spiro atoms. The van der Waals surface area contributed by atoms with Crippen LogP contribution in [-0.4, -0.2) is 24.1 Å². The number of nitrogens with one attached hydrogen (secondary N) is 2. The van der Waals surface area contributed by atoms with Gasteiger partial charge in [0.05, 0.1) is 0 Å². The Morgan fingerprint density at radius 3 is 2.73 bits per heavy atom. The van der Waals surface area contributed by atoms with Crippen molar-refractivity contribution in [1.29, 1.82) is 0 Å². The molecule has 86 valence electrons. The SMILES string of the molecule is Brc1ccc(NC2CCNC2)nc1.Cl.Cl. The van der Waals surface area contributed by atoms with E-state index in [9.17, 15) is 0 Å². The summed E-state index contributed by atoms with van der Waals surface area (Å²) in [5.41, 5.74) is 0. The Hall–Kier alpha value is -0.0300. The Labute approximate surface area is 110 Å². The molecule has 0 radical (unpaired) electrons. The normalized spacial score (nSPS) is 18.9. The molecule has 1 atom stereocenters. The van der Waals surface area contributed by atoms with E-state index >= 15 is 0 Å². The van der Waals surface area contributed by atoms with Gasteiger partial charge in [-0.3, -0.25) is 0 Å². The molecule has 1 aromatic rings. The molecule has 1 saturated heterocycles. The van der Waals surface area contributed by atoms with Crippen LogP contribution in [0.2, 0.25) is 0 Å². The Morgan fingerprint density at radius 1 is 1.40 bits per heavy atom. The van der Waals surface area contributed by atoms with Crippen molar-refractivity contribution in [2.45, 2.75) is 12.5 Å². The lowest BCUT2D eigenvalue weighted by atomic mass is 10.2. The number of hydrogen-bond acceptors (Lipinski definition) is 3. The maximum atomic E-state index is 4.26. The number of halogens is 3. The van der Waals surface area contributed by atoms with Crippen molar-refractivity contribution in [3.63, 3.8) is 0 Å². The molecule has 0 bridgehead atoms. The van der Waals surface area contributed by atoms with Crippen molar-refractivity contribution in [1.82, 2.24) is 10.3 Å². The average Bonchev–Trinajstić information content (AvgIpc) is 2.62. The second-order valence-electron chi connectivity index (χ2n) is 3.20. The van der Waals surface area contributed by atoms with Gasteiger partial charge in [0.15, 0.2) is 0 Å². The third-order valence-corrected chi connectivity index (χ3v) is 2.61. The van der Waals surface area contributed by atoms with Gasteiger partial charge in [-0.1, -0.05) is 0 Å². The van der Waals surface area contributed by atoms with E-state index in [1.165, 1.54) is 6.42 Å². The van der Waals surface area contributed by atoms with Crippen molar-refractivity contribution in [2.24, 2.45) is 0 Å². The highest BCUT2D eigenvalue weighted by molar-refractivity contribution is 9.10. The first-order chi connectivity index (χ1) is 6.34. The molecule has 1 aromatic heterocycles. The van der Waals surface area contributed by atoms with Crippen molar-refractivity contribution in [3.05, 3.63) is 22.8 Å². The molecular weight excluding hydrogens is 301 g/mol. The highest BCUT2D eigenvalue weighted by Gasteiger charge is 2.13. The molecule has 0 saturated carbocycles. The second kappa shape index (κ2) is 7.28. The van der Waals surface area contributed by atoms with Gasteiger partial charge in [-0.2, -0.15) is 0 Å². The van der Waals surface area contributed by atoms with E-state index in [-0.39, 0.29) is 24.8 Å². The van der Waals surface area contributed by atoms with Gasteiger partial charge in [-0.05, 0) is 41.0 Å². The molecule has 0 aromatic carbocycles. The van der Waals surface area contributed by atoms with E-state index in [4.69, 9.17) is 0 Å². The standard InChI is InChI=1S/C9H12BrN3.2ClH/c10-7-1-2-9(12-5-7)13-8-3-4-11-6-8;;/h1-2,5,8,11H,3-4,6H2,(H,12,13);2*1H. The summed E-state index contributed by atoms with van der Waals surface area (Å²) in [6.07, 6.45) is 2.99. The van der Waals surface area contributed by atoms with Gasteiger partial charge < -0.3 is 10.6 Å². The van der Waals surface area contributed by atoms with E-state index in [1.54, 1.807) is 0 Å². The predicted molar refractivity (Wildman–Crippen MR) is 71.3 cm³/mol. The summed E-state index contributed by atoms with van der Waals surface area (Å²) in [7, 11) is 0. The van der Waals surface area contributed by atoms with E-state index in [2.05, 4.69) is 31.5 Å². The first kappa shape index (κ1) is 15.0. The van der Waals surface area contributed by atoms with Crippen molar-refractivity contribution in [2.75, 3.05) is 18.4 Å². The monoisotopic (exact) mass is 313 g/mol. The number of rotatable bonds is 2. The lowest BCUT2D eigenvalue weighted by Crippen LogP contribution is -2.22. The number of aromatic nitrogens is 1.